The minimum absolute atomic E-state index is 0.0346. The average molecular weight is 433 g/mol. The Balaban J connectivity index is 1.62. The summed E-state index contributed by atoms with van der Waals surface area (Å²) in [6.45, 7) is 3.92. The van der Waals surface area contributed by atoms with E-state index in [1.807, 2.05) is 18.4 Å². The number of hydrogen-bond acceptors (Lipinski definition) is 6. The van der Waals surface area contributed by atoms with Gasteiger partial charge in [-0.3, -0.25) is 9.78 Å². The number of carbonyl (C=O) groups is 2. The van der Waals surface area contributed by atoms with Gasteiger partial charge in [0.05, 0.1) is 16.6 Å². The summed E-state index contributed by atoms with van der Waals surface area (Å²) in [7, 11) is 0. The molecule has 32 heavy (non-hydrogen) atoms. The van der Waals surface area contributed by atoms with Gasteiger partial charge in [0.1, 0.15) is 29.3 Å². The second-order valence-electron chi connectivity index (χ2n) is 7.32. The molecule has 0 atom stereocenters. The Bertz CT molecular complexity index is 1330. The summed E-state index contributed by atoms with van der Waals surface area (Å²) in [6, 6.07) is 8.13. The van der Waals surface area contributed by atoms with Crippen LogP contribution in [0.5, 0.6) is 0 Å². The Labute approximate surface area is 182 Å². The minimum Gasteiger partial charge on any atom is -0.383 e. The molecule has 0 bridgehead atoms. The molecule has 0 unspecified atom stereocenters. The number of anilines is 3. The molecule has 0 radical (unpaired) electrons. The van der Waals surface area contributed by atoms with Gasteiger partial charge in [-0.2, -0.15) is 0 Å². The van der Waals surface area contributed by atoms with Crippen LogP contribution in [0.15, 0.2) is 55.1 Å². The number of para-hydroxylation sites is 1. The lowest BCUT2D eigenvalue weighted by Crippen LogP contribution is -2.20. The van der Waals surface area contributed by atoms with Gasteiger partial charge in [-0.05, 0) is 38.1 Å². The van der Waals surface area contributed by atoms with Crippen molar-refractivity contribution in [3.8, 4) is 0 Å². The lowest BCUT2D eigenvalue weighted by atomic mass is 10.1. The van der Waals surface area contributed by atoms with Crippen molar-refractivity contribution in [3.63, 3.8) is 0 Å². The van der Waals surface area contributed by atoms with E-state index in [-0.39, 0.29) is 23.2 Å². The molecule has 162 valence electrons. The summed E-state index contributed by atoms with van der Waals surface area (Å²) in [5.74, 6) is -0.764. The van der Waals surface area contributed by atoms with E-state index in [2.05, 4.69) is 25.6 Å². The molecule has 0 saturated heterocycles. The Morgan fingerprint density at radius 1 is 1.09 bits per heavy atom. The second-order valence-corrected chi connectivity index (χ2v) is 7.32. The third kappa shape index (κ3) is 3.97. The van der Waals surface area contributed by atoms with Gasteiger partial charge in [-0.15, -0.1) is 0 Å². The first-order valence-corrected chi connectivity index (χ1v) is 9.79. The van der Waals surface area contributed by atoms with Crippen LogP contribution in [0.25, 0.3) is 11.0 Å². The molecular formula is C22H20FN7O2. The Kier molecular flexibility index (Phi) is 5.50. The summed E-state index contributed by atoms with van der Waals surface area (Å²) in [4.78, 5) is 37.9. The van der Waals surface area contributed by atoms with E-state index in [4.69, 9.17) is 5.73 Å². The number of carbonyl (C=O) groups excluding carboxylic acids is 2. The summed E-state index contributed by atoms with van der Waals surface area (Å²) in [5.41, 5.74) is 7.34. The van der Waals surface area contributed by atoms with E-state index in [9.17, 15) is 14.0 Å². The van der Waals surface area contributed by atoms with Gasteiger partial charge in [-0.25, -0.2) is 19.2 Å². The first kappa shape index (κ1) is 20.9. The molecule has 4 N–H and O–H groups in total. The van der Waals surface area contributed by atoms with E-state index in [0.29, 0.717) is 22.3 Å². The van der Waals surface area contributed by atoms with E-state index >= 15 is 0 Å². The van der Waals surface area contributed by atoms with Crippen LogP contribution in [-0.2, 0) is 0 Å². The van der Waals surface area contributed by atoms with Crippen LogP contribution in [0.1, 0.15) is 35.9 Å². The van der Waals surface area contributed by atoms with Gasteiger partial charge in [0.15, 0.2) is 0 Å². The zero-order valence-corrected chi connectivity index (χ0v) is 17.3. The number of nitrogens with zero attached hydrogens (tertiary/aromatic N) is 4. The second kappa shape index (κ2) is 8.42. The van der Waals surface area contributed by atoms with Crippen LogP contribution in [0, 0.1) is 5.82 Å². The van der Waals surface area contributed by atoms with Gasteiger partial charge in [0.25, 0.3) is 0 Å². The number of nitrogen functional groups attached to an aromatic ring is 1. The lowest BCUT2D eigenvalue weighted by molar-refractivity contribution is 0.103. The molecule has 4 rings (SSSR count). The van der Waals surface area contributed by atoms with Crippen LogP contribution in [0.3, 0.4) is 0 Å². The van der Waals surface area contributed by atoms with Crippen LogP contribution >= 0.6 is 0 Å². The van der Waals surface area contributed by atoms with Gasteiger partial charge < -0.3 is 20.9 Å². The largest absolute Gasteiger partial charge is 0.383 e. The highest BCUT2D eigenvalue weighted by Crippen LogP contribution is 2.28. The maximum Gasteiger partial charge on any atom is 0.323 e. The quantitative estimate of drug-likeness (QED) is 0.408. The molecule has 0 fully saturated rings. The van der Waals surface area contributed by atoms with Crippen molar-refractivity contribution in [1.29, 1.82) is 0 Å². The molecule has 4 aromatic rings. The standard InChI is InChI=1S/C22H20FN7O2/c1-12(2)30-10-14(18-20(24)26-11-27-21(18)30)19(31)17-9-13(7-8-25-17)28-22(32)29-16-6-4-3-5-15(16)23/h3-12H,1-2H3,(H2,24,26,27)(H2,25,28,29,32). The van der Waals surface area contributed by atoms with E-state index in [1.54, 1.807) is 12.3 Å². The number of urea groups is 1. The third-order valence-electron chi connectivity index (χ3n) is 4.81. The van der Waals surface area contributed by atoms with Crippen molar-refractivity contribution >= 4 is 40.0 Å². The maximum atomic E-state index is 13.7. The smallest absolute Gasteiger partial charge is 0.323 e. The molecule has 0 aliphatic carbocycles. The maximum absolute atomic E-state index is 13.7. The molecule has 0 aliphatic heterocycles. The highest BCUT2D eigenvalue weighted by atomic mass is 19.1. The summed E-state index contributed by atoms with van der Waals surface area (Å²) >= 11 is 0. The molecule has 1 aromatic carbocycles. The lowest BCUT2D eigenvalue weighted by Gasteiger charge is -2.09. The molecule has 3 heterocycles. The highest BCUT2D eigenvalue weighted by Gasteiger charge is 2.22. The number of nitrogens with two attached hydrogens (primary N) is 1. The SMILES string of the molecule is CC(C)n1cc(C(=O)c2cc(NC(=O)Nc3ccccc3F)ccn2)c2c(N)ncnc21. The van der Waals surface area contributed by atoms with Crippen LogP contribution in [0.2, 0.25) is 0 Å². The van der Waals surface area contributed by atoms with E-state index < -0.39 is 17.6 Å². The van der Waals surface area contributed by atoms with Gasteiger partial charge in [-0.1, -0.05) is 12.1 Å². The Morgan fingerprint density at radius 3 is 2.62 bits per heavy atom. The van der Waals surface area contributed by atoms with Crippen LogP contribution in [-0.4, -0.2) is 31.3 Å². The normalized spacial score (nSPS) is 11.0. The summed E-state index contributed by atoms with van der Waals surface area (Å²) in [6.07, 6.45) is 4.42. The predicted molar refractivity (Wildman–Crippen MR) is 119 cm³/mol. The van der Waals surface area contributed by atoms with Crippen LogP contribution < -0.4 is 16.4 Å². The zero-order chi connectivity index (χ0) is 22.8. The first-order valence-electron chi connectivity index (χ1n) is 9.79. The molecular weight excluding hydrogens is 413 g/mol. The number of halogens is 1. The Morgan fingerprint density at radius 2 is 1.88 bits per heavy atom. The number of fused-ring (bicyclic) bond motifs is 1. The Hall–Kier alpha value is -4.34. The molecule has 0 aliphatic rings. The van der Waals surface area contributed by atoms with Crippen molar-refractivity contribution in [1.82, 2.24) is 19.5 Å². The molecule has 0 spiro atoms. The monoisotopic (exact) mass is 433 g/mol. The average Bonchev–Trinajstić information content (AvgIpc) is 3.16. The fraction of sp³-hybridized carbons (Fsp3) is 0.136. The van der Waals surface area contributed by atoms with Gasteiger partial charge in [0.2, 0.25) is 5.78 Å². The van der Waals surface area contributed by atoms with Gasteiger partial charge in [0, 0.05) is 24.1 Å². The topological polar surface area (TPSA) is 128 Å². The van der Waals surface area contributed by atoms with E-state index in [1.165, 1.54) is 42.9 Å². The third-order valence-corrected chi connectivity index (χ3v) is 4.81. The fourth-order valence-corrected chi connectivity index (χ4v) is 3.29. The van der Waals surface area contributed by atoms with Crippen molar-refractivity contribution in [2.75, 3.05) is 16.4 Å². The number of pyridine rings is 1. The minimum atomic E-state index is -0.659. The van der Waals surface area contributed by atoms with Crippen LogP contribution in [0.4, 0.5) is 26.4 Å². The zero-order valence-electron chi connectivity index (χ0n) is 17.3. The van der Waals surface area contributed by atoms with Crippen molar-refractivity contribution in [3.05, 3.63) is 72.2 Å². The van der Waals surface area contributed by atoms with Gasteiger partial charge >= 0.3 is 6.03 Å². The van der Waals surface area contributed by atoms with E-state index in [0.717, 1.165) is 0 Å². The number of ketones is 1. The summed E-state index contributed by atoms with van der Waals surface area (Å²) in [5, 5.41) is 5.44. The number of aromatic nitrogens is 4. The number of nitrogens with one attached hydrogen (secondary N) is 2. The first-order chi connectivity index (χ1) is 15.3. The van der Waals surface area contributed by atoms with Crippen molar-refractivity contribution in [2.45, 2.75) is 19.9 Å². The molecule has 0 saturated carbocycles. The molecule has 10 heteroatoms. The molecule has 9 nitrogen and oxygen atoms in total. The number of hydrogen-bond donors (Lipinski definition) is 3. The highest BCUT2D eigenvalue weighted by molar-refractivity contribution is 6.17. The fourth-order valence-electron chi connectivity index (χ4n) is 3.29. The predicted octanol–water partition coefficient (Wildman–Crippen LogP) is 4.00. The number of benzene rings is 1. The van der Waals surface area contributed by atoms with Crippen molar-refractivity contribution < 1.29 is 14.0 Å². The summed E-state index contributed by atoms with van der Waals surface area (Å²) < 4.78 is 15.6. The molecule has 3 aromatic heterocycles. The number of amides is 2. The molecule has 2 amide bonds. The van der Waals surface area contributed by atoms with Crippen molar-refractivity contribution in [2.24, 2.45) is 0 Å². The number of rotatable bonds is 5.